The van der Waals surface area contributed by atoms with Crippen molar-refractivity contribution in [2.24, 2.45) is 17.8 Å². The lowest BCUT2D eigenvalue weighted by Crippen LogP contribution is -2.09. The molecular weight excluding hydrogens is 146 g/mol. The molecule has 0 unspecified atom stereocenters. The second kappa shape index (κ2) is 3.51. The van der Waals surface area contributed by atoms with E-state index in [0.717, 1.165) is 19.3 Å². The van der Waals surface area contributed by atoms with Gasteiger partial charge in [-0.2, -0.15) is 0 Å². The maximum Gasteiger partial charge on any atom is 0.241 e. The fraction of sp³-hybridized carbons (Fsp3) is 1.00. The largest absolute Gasteiger partial charge is 0.241 e. The predicted octanol–water partition coefficient (Wildman–Crippen LogP) is 3.32. The second-order valence-corrected chi connectivity index (χ2v) is 3.91. The Morgan fingerprint density at radius 3 is 1.91 bits per heavy atom. The quantitative estimate of drug-likeness (QED) is 0.584. The second-order valence-electron chi connectivity index (χ2n) is 3.91. The summed E-state index contributed by atoms with van der Waals surface area (Å²) in [6.45, 7) is 4.25. The van der Waals surface area contributed by atoms with Crippen molar-refractivity contribution in [3.05, 3.63) is 0 Å². The molecule has 0 saturated heterocycles. The average molecular weight is 162 g/mol. The van der Waals surface area contributed by atoms with Gasteiger partial charge >= 0.3 is 0 Å². The molecule has 1 aliphatic rings. The lowest BCUT2D eigenvalue weighted by molar-refractivity contribution is 0.0771. The predicted molar refractivity (Wildman–Crippen MR) is 41.7 cm³/mol. The van der Waals surface area contributed by atoms with Crippen LogP contribution in [0, 0.1) is 17.8 Å². The van der Waals surface area contributed by atoms with Crippen molar-refractivity contribution in [2.45, 2.75) is 39.5 Å². The molecule has 66 valence electrons. The van der Waals surface area contributed by atoms with Gasteiger partial charge in [0.15, 0.2) is 0 Å². The highest BCUT2D eigenvalue weighted by atomic mass is 19.3. The lowest BCUT2D eigenvalue weighted by atomic mass is 9.93. The highest BCUT2D eigenvalue weighted by molar-refractivity contribution is 4.78. The van der Waals surface area contributed by atoms with Crippen LogP contribution in [0.3, 0.4) is 0 Å². The number of hydrogen-bond donors (Lipinski definition) is 0. The van der Waals surface area contributed by atoms with Crippen LogP contribution < -0.4 is 0 Å². The minimum atomic E-state index is -2.08. The summed E-state index contributed by atoms with van der Waals surface area (Å²) in [5.41, 5.74) is 0. The first-order valence-corrected chi connectivity index (χ1v) is 4.39. The molecule has 0 aromatic heterocycles. The third-order valence-corrected chi connectivity index (χ3v) is 2.81. The molecular formula is C9H16F2. The first kappa shape index (κ1) is 8.95. The summed E-state index contributed by atoms with van der Waals surface area (Å²) in [4.78, 5) is 0. The molecule has 0 nitrogen and oxygen atoms in total. The van der Waals surface area contributed by atoms with Gasteiger partial charge in [0, 0.05) is 5.92 Å². The van der Waals surface area contributed by atoms with Crippen LogP contribution >= 0.6 is 0 Å². The van der Waals surface area contributed by atoms with Crippen molar-refractivity contribution in [1.29, 1.82) is 0 Å². The third-order valence-electron chi connectivity index (χ3n) is 2.81. The van der Waals surface area contributed by atoms with Gasteiger partial charge in [-0.3, -0.25) is 0 Å². The monoisotopic (exact) mass is 162 g/mol. The standard InChI is InChI=1S/C9H16F2/c1-6(2)7-3-4-8(5-7)9(10)11/h6-9H,3-5H2,1-2H3/t7-,8+/m0/s1. The number of alkyl halides is 2. The maximum absolute atomic E-state index is 12.2. The van der Waals surface area contributed by atoms with E-state index in [2.05, 4.69) is 13.8 Å². The molecule has 1 rings (SSSR count). The van der Waals surface area contributed by atoms with Gasteiger partial charge in [0.1, 0.15) is 0 Å². The molecule has 0 amide bonds. The van der Waals surface area contributed by atoms with E-state index in [-0.39, 0.29) is 5.92 Å². The molecule has 0 N–H and O–H groups in total. The first-order chi connectivity index (χ1) is 5.11. The van der Waals surface area contributed by atoms with Gasteiger partial charge in [0.25, 0.3) is 0 Å². The Morgan fingerprint density at radius 2 is 1.64 bits per heavy atom. The van der Waals surface area contributed by atoms with E-state index in [1.807, 2.05) is 0 Å². The normalized spacial score (nSPS) is 32.2. The Bertz CT molecular complexity index is 107. The molecule has 1 fully saturated rings. The van der Waals surface area contributed by atoms with Crippen molar-refractivity contribution in [1.82, 2.24) is 0 Å². The smallest absolute Gasteiger partial charge is 0.210 e. The van der Waals surface area contributed by atoms with Crippen LogP contribution in [0.15, 0.2) is 0 Å². The molecule has 0 aromatic carbocycles. The fourth-order valence-corrected chi connectivity index (χ4v) is 1.89. The zero-order valence-electron chi connectivity index (χ0n) is 7.19. The Balaban J connectivity index is 2.35. The molecule has 0 bridgehead atoms. The van der Waals surface area contributed by atoms with Gasteiger partial charge in [-0.25, -0.2) is 8.78 Å². The van der Waals surface area contributed by atoms with Gasteiger partial charge in [-0.1, -0.05) is 13.8 Å². The van der Waals surface area contributed by atoms with Crippen LogP contribution in [-0.4, -0.2) is 6.43 Å². The molecule has 0 aliphatic heterocycles. The highest BCUT2D eigenvalue weighted by Gasteiger charge is 2.31. The molecule has 2 atom stereocenters. The topological polar surface area (TPSA) is 0 Å². The summed E-state index contributed by atoms with van der Waals surface area (Å²) in [5.74, 6) is 0.829. The molecule has 11 heavy (non-hydrogen) atoms. The summed E-state index contributed by atoms with van der Waals surface area (Å²) in [7, 11) is 0. The SMILES string of the molecule is CC(C)[C@H]1CC[C@@H](C(F)F)C1. The Kier molecular flexibility index (Phi) is 2.85. The average Bonchev–Trinajstić information content (AvgIpc) is 2.33. The molecule has 0 heterocycles. The van der Waals surface area contributed by atoms with Gasteiger partial charge < -0.3 is 0 Å². The van der Waals surface area contributed by atoms with Crippen LogP contribution in [-0.2, 0) is 0 Å². The van der Waals surface area contributed by atoms with Crippen LogP contribution in [0.4, 0.5) is 8.78 Å². The van der Waals surface area contributed by atoms with Crippen molar-refractivity contribution in [3.63, 3.8) is 0 Å². The Morgan fingerprint density at radius 1 is 1.09 bits per heavy atom. The summed E-state index contributed by atoms with van der Waals surface area (Å²) in [6.07, 6.45) is 0.404. The zero-order chi connectivity index (χ0) is 8.43. The van der Waals surface area contributed by atoms with E-state index in [9.17, 15) is 8.78 Å². The minimum Gasteiger partial charge on any atom is -0.210 e. The van der Waals surface area contributed by atoms with E-state index in [1.165, 1.54) is 0 Å². The fourth-order valence-electron chi connectivity index (χ4n) is 1.89. The number of halogens is 2. The molecule has 0 spiro atoms. The van der Waals surface area contributed by atoms with Crippen molar-refractivity contribution in [3.8, 4) is 0 Å². The maximum atomic E-state index is 12.2. The first-order valence-electron chi connectivity index (χ1n) is 4.39. The van der Waals surface area contributed by atoms with Crippen LogP contribution in [0.2, 0.25) is 0 Å². The molecule has 0 radical (unpaired) electrons. The number of rotatable bonds is 2. The van der Waals surface area contributed by atoms with Crippen molar-refractivity contribution >= 4 is 0 Å². The molecule has 2 heteroatoms. The van der Waals surface area contributed by atoms with Crippen LogP contribution in [0.1, 0.15) is 33.1 Å². The molecule has 0 aromatic rings. The summed E-state index contributed by atoms with van der Waals surface area (Å²) < 4.78 is 24.4. The summed E-state index contributed by atoms with van der Waals surface area (Å²) in [6, 6.07) is 0. The van der Waals surface area contributed by atoms with E-state index in [0.29, 0.717) is 11.8 Å². The van der Waals surface area contributed by atoms with E-state index >= 15 is 0 Å². The van der Waals surface area contributed by atoms with Gasteiger partial charge in [-0.15, -0.1) is 0 Å². The molecule has 1 aliphatic carbocycles. The highest BCUT2D eigenvalue weighted by Crippen LogP contribution is 2.38. The van der Waals surface area contributed by atoms with Crippen molar-refractivity contribution < 1.29 is 8.78 Å². The summed E-state index contributed by atoms with van der Waals surface area (Å²) >= 11 is 0. The zero-order valence-corrected chi connectivity index (χ0v) is 7.19. The Hall–Kier alpha value is -0.140. The van der Waals surface area contributed by atoms with E-state index in [1.54, 1.807) is 0 Å². The summed E-state index contributed by atoms with van der Waals surface area (Å²) in [5, 5.41) is 0. The molecule has 1 saturated carbocycles. The Labute approximate surface area is 67.0 Å². The van der Waals surface area contributed by atoms with Gasteiger partial charge in [0.05, 0.1) is 0 Å². The van der Waals surface area contributed by atoms with Crippen LogP contribution in [0.5, 0.6) is 0 Å². The van der Waals surface area contributed by atoms with Gasteiger partial charge in [0.2, 0.25) is 6.43 Å². The lowest BCUT2D eigenvalue weighted by Gasteiger charge is -2.13. The van der Waals surface area contributed by atoms with Crippen molar-refractivity contribution in [2.75, 3.05) is 0 Å². The third kappa shape index (κ3) is 2.14. The van der Waals surface area contributed by atoms with Gasteiger partial charge in [-0.05, 0) is 31.1 Å². The number of hydrogen-bond acceptors (Lipinski definition) is 0. The minimum absolute atomic E-state index is 0.303. The van der Waals surface area contributed by atoms with E-state index < -0.39 is 6.43 Å². The van der Waals surface area contributed by atoms with Crippen LogP contribution in [0.25, 0.3) is 0 Å². The van der Waals surface area contributed by atoms with E-state index in [4.69, 9.17) is 0 Å².